The van der Waals surface area contributed by atoms with Crippen molar-refractivity contribution < 1.29 is 23.6 Å². The molecule has 1 aliphatic rings. The van der Waals surface area contributed by atoms with Gasteiger partial charge >= 0.3 is 5.97 Å². The zero-order valence-electron chi connectivity index (χ0n) is 17.1. The Hall–Kier alpha value is -2.32. The van der Waals surface area contributed by atoms with Crippen LogP contribution in [0.4, 0.5) is 0 Å². The molecule has 0 bridgehead atoms. The first-order chi connectivity index (χ1) is 13.8. The van der Waals surface area contributed by atoms with Crippen LogP contribution < -0.4 is 0 Å². The lowest BCUT2D eigenvalue weighted by molar-refractivity contribution is -0.146. The highest BCUT2D eigenvalue weighted by Crippen LogP contribution is 2.29. The van der Waals surface area contributed by atoms with E-state index in [0.29, 0.717) is 24.4 Å². The van der Waals surface area contributed by atoms with Gasteiger partial charge in [-0.1, -0.05) is 17.3 Å². The molecule has 1 amide bonds. The lowest BCUT2D eigenvalue weighted by Crippen LogP contribution is -2.49. The molecule has 3 rings (SSSR count). The molecule has 7 nitrogen and oxygen atoms in total. The van der Waals surface area contributed by atoms with Crippen LogP contribution in [0.25, 0.3) is 0 Å². The fourth-order valence-electron chi connectivity index (χ4n) is 3.30. The quantitative estimate of drug-likeness (QED) is 0.525. The first-order valence-corrected chi connectivity index (χ1v) is 10.6. The van der Waals surface area contributed by atoms with Gasteiger partial charge in [0.05, 0.1) is 23.5 Å². The first-order valence-electron chi connectivity index (χ1n) is 9.59. The fraction of sp³-hybridized carbons (Fsp3) is 0.476. The molecule has 0 saturated carbocycles. The molecule has 0 radical (unpaired) electrons. The number of thioether (sulfide) groups is 1. The van der Waals surface area contributed by atoms with Crippen LogP contribution >= 0.6 is 11.8 Å². The largest absolute Gasteiger partial charge is 0.452 e. The van der Waals surface area contributed by atoms with Crippen LogP contribution in [0.15, 0.2) is 33.7 Å². The lowest BCUT2D eigenvalue weighted by atomic mass is 10.2. The van der Waals surface area contributed by atoms with Crippen LogP contribution in [-0.4, -0.2) is 53.8 Å². The van der Waals surface area contributed by atoms with Crippen LogP contribution in [0.2, 0.25) is 0 Å². The maximum Gasteiger partial charge on any atom is 0.339 e. The maximum atomic E-state index is 12.6. The van der Waals surface area contributed by atoms with Gasteiger partial charge in [-0.25, -0.2) is 4.79 Å². The summed E-state index contributed by atoms with van der Waals surface area (Å²) >= 11 is 1.51. The Balaban J connectivity index is 1.60. The van der Waals surface area contributed by atoms with Crippen molar-refractivity contribution in [3.8, 4) is 0 Å². The highest BCUT2D eigenvalue weighted by Gasteiger charge is 2.26. The molecule has 2 heterocycles. The van der Waals surface area contributed by atoms with Crippen LogP contribution in [0, 0.1) is 13.8 Å². The number of amides is 1. The highest BCUT2D eigenvalue weighted by atomic mass is 32.2. The molecular weight excluding hydrogens is 392 g/mol. The molecular formula is C21H26N2O5S. The second kappa shape index (κ2) is 9.45. The molecule has 8 heteroatoms. The number of carbonyl (C=O) groups is 2. The molecule has 0 aliphatic carbocycles. The van der Waals surface area contributed by atoms with Crippen molar-refractivity contribution >= 4 is 23.6 Å². The predicted octanol–water partition coefficient (Wildman–Crippen LogP) is 3.38. The van der Waals surface area contributed by atoms with E-state index in [1.807, 2.05) is 39.8 Å². The third-order valence-electron chi connectivity index (χ3n) is 4.76. The van der Waals surface area contributed by atoms with E-state index in [1.54, 1.807) is 17.0 Å². The topological polar surface area (TPSA) is 81.9 Å². The van der Waals surface area contributed by atoms with Gasteiger partial charge in [-0.3, -0.25) is 4.79 Å². The average molecular weight is 419 g/mol. The van der Waals surface area contributed by atoms with E-state index in [1.165, 1.54) is 11.8 Å². The molecule has 2 atom stereocenters. The standard InChI is InChI=1S/C21H26N2O5S/c1-13-9-23(10-14(2)27-13)20(24)11-26-21(25)17-7-5-6-8-19(17)29-12-18-15(3)22-28-16(18)4/h5-8,13-14H,9-12H2,1-4H3. The second-order valence-corrected chi connectivity index (χ2v) is 8.24. The smallest absolute Gasteiger partial charge is 0.339 e. The molecule has 0 spiro atoms. The van der Waals surface area contributed by atoms with E-state index in [4.69, 9.17) is 14.0 Å². The van der Waals surface area contributed by atoms with Crippen molar-refractivity contribution in [3.63, 3.8) is 0 Å². The van der Waals surface area contributed by atoms with Gasteiger partial charge in [0.2, 0.25) is 0 Å². The fourth-order valence-corrected chi connectivity index (χ4v) is 4.49. The number of hydrogen-bond acceptors (Lipinski definition) is 7. The minimum Gasteiger partial charge on any atom is -0.452 e. The zero-order chi connectivity index (χ0) is 21.0. The molecule has 0 N–H and O–H groups in total. The zero-order valence-corrected chi connectivity index (χ0v) is 18.0. The number of carbonyl (C=O) groups excluding carboxylic acids is 2. The van der Waals surface area contributed by atoms with Crippen molar-refractivity contribution in [2.24, 2.45) is 0 Å². The highest BCUT2D eigenvalue weighted by molar-refractivity contribution is 7.98. The van der Waals surface area contributed by atoms with Crippen LogP contribution in [-0.2, 0) is 20.0 Å². The van der Waals surface area contributed by atoms with Crippen molar-refractivity contribution in [1.29, 1.82) is 0 Å². The monoisotopic (exact) mass is 418 g/mol. The Kier molecular flexibility index (Phi) is 6.97. The molecule has 2 unspecified atom stereocenters. The number of esters is 1. The summed E-state index contributed by atoms with van der Waals surface area (Å²) in [5, 5.41) is 3.96. The number of aromatic nitrogens is 1. The summed E-state index contributed by atoms with van der Waals surface area (Å²) in [6.07, 6.45) is -0.0558. The van der Waals surface area contributed by atoms with Gasteiger partial charge < -0.3 is 18.9 Å². The molecule has 2 aromatic rings. The summed E-state index contributed by atoms with van der Waals surface area (Å²) in [7, 11) is 0. The molecule has 156 valence electrons. The minimum atomic E-state index is -0.505. The van der Waals surface area contributed by atoms with Gasteiger partial charge in [-0.15, -0.1) is 11.8 Å². The number of nitrogens with zero attached hydrogens (tertiary/aromatic N) is 2. The van der Waals surface area contributed by atoms with Crippen molar-refractivity contribution in [3.05, 3.63) is 46.8 Å². The molecule has 1 aromatic carbocycles. The van der Waals surface area contributed by atoms with E-state index in [0.717, 1.165) is 21.9 Å². The molecule has 29 heavy (non-hydrogen) atoms. The Labute approximate surface area is 174 Å². The Bertz CT molecular complexity index is 852. The van der Waals surface area contributed by atoms with Gasteiger partial charge in [0.15, 0.2) is 6.61 Å². The number of benzene rings is 1. The van der Waals surface area contributed by atoms with Crippen LogP contribution in [0.1, 0.15) is 41.2 Å². The van der Waals surface area contributed by atoms with E-state index >= 15 is 0 Å². The van der Waals surface area contributed by atoms with E-state index in [-0.39, 0.29) is 24.7 Å². The lowest BCUT2D eigenvalue weighted by Gasteiger charge is -2.35. The maximum absolute atomic E-state index is 12.6. The van der Waals surface area contributed by atoms with E-state index in [9.17, 15) is 9.59 Å². The van der Waals surface area contributed by atoms with Crippen molar-refractivity contribution in [2.45, 2.75) is 50.6 Å². The Morgan fingerprint density at radius 2 is 1.90 bits per heavy atom. The second-order valence-electron chi connectivity index (χ2n) is 7.22. The molecule has 1 saturated heterocycles. The van der Waals surface area contributed by atoms with Crippen molar-refractivity contribution in [1.82, 2.24) is 10.1 Å². The van der Waals surface area contributed by atoms with Gasteiger partial charge in [0, 0.05) is 29.3 Å². The molecule has 1 aromatic heterocycles. The third-order valence-corrected chi connectivity index (χ3v) is 5.86. The molecule has 1 aliphatic heterocycles. The summed E-state index contributed by atoms with van der Waals surface area (Å²) in [6.45, 7) is 8.35. The van der Waals surface area contributed by atoms with Gasteiger partial charge in [-0.05, 0) is 39.8 Å². The van der Waals surface area contributed by atoms with Crippen molar-refractivity contribution in [2.75, 3.05) is 19.7 Å². The summed E-state index contributed by atoms with van der Waals surface area (Å²) in [4.78, 5) is 27.5. The Morgan fingerprint density at radius 1 is 1.21 bits per heavy atom. The summed E-state index contributed by atoms with van der Waals surface area (Å²) in [6, 6.07) is 7.23. The normalized spacial score (nSPS) is 19.2. The number of hydrogen-bond donors (Lipinski definition) is 0. The number of morpholine rings is 1. The Morgan fingerprint density at radius 3 is 2.55 bits per heavy atom. The first kappa shape index (κ1) is 21.4. The van der Waals surface area contributed by atoms with Gasteiger partial charge in [0.25, 0.3) is 5.91 Å². The van der Waals surface area contributed by atoms with E-state index in [2.05, 4.69) is 5.16 Å². The number of rotatable bonds is 6. The summed E-state index contributed by atoms with van der Waals surface area (Å²) in [5.74, 6) is 0.693. The molecule has 1 fully saturated rings. The third kappa shape index (κ3) is 5.39. The summed E-state index contributed by atoms with van der Waals surface area (Å²) < 4.78 is 16.2. The number of aryl methyl sites for hydroxylation is 2. The SMILES string of the molecule is Cc1noc(C)c1CSc1ccccc1C(=O)OCC(=O)N1CC(C)OC(C)C1. The van der Waals surface area contributed by atoms with E-state index < -0.39 is 5.97 Å². The van der Waals surface area contributed by atoms with Gasteiger partial charge in [0.1, 0.15) is 5.76 Å². The number of ether oxygens (including phenoxy) is 2. The van der Waals surface area contributed by atoms with Gasteiger partial charge in [-0.2, -0.15) is 0 Å². The summed E-state index contributed by atoms with van der Waals surface area (Å²) in [5.41, 5.74) is 2.30. The van der Waals surface area contributed by atoms with Crippen LogP contribution in [0.3, 0.4) is 0 Å². The minimum absolute atomic E-state index is 0.0279. The van der Waals surface area contributed by atoms with Crippen LogP contribution in [0.5, 0.6) is 0 Å². The predicted molar refractivity (Wildman–Crippen MR) is 109 cm³/mol. The average Bonchev–Trinajstić information content (AvgIpc) is 3.01.